The van der Waals surface area contributed by atoms with Crippen molar-refractivity contribution in [2.24, 2.45) is 7.05 Å². The number of fused-ring (bicyclic) bond motifs is 1. The summed E-state index contributed by atoms with van der Waals surface area (Å²) in [6.45, 7) is 1.90. The van der Waals surface area contributed by atoms with Crippen LogP contribution in [-0.4, -0.2) is 29.1 Å². The second-order valence-electron chi connectivity index (χ2n) is 5.48. The van der Waals surface area contributed by atoms with E-state index in [4.69, 9.17) is 0 Å². The molecule has 0 N–H and O–H groups in total. The van der Waals surface area contributed by atoms with Gasteiger partial charge in [-0.2, -0.15) is 0 Å². The molecule has 0 amide bonds. The Bertz CT molecular complexity index is 1100. The van der Waals surface area contributed by atoms with Gasteiger partial charge < -0.3 is 4.57 Å². The lowest BCUT2D eigenvalue weighted by Crippen LogP contribution is -2.14. The number of aromatic nitrogens is 6. The Balaban J connectivity index is 1.58. The van der Waals surface area contributed by atoms with Crippen LogP contribution in [0.3, 0.4) is 0 Å². The molecule has 4 rings (SSSR count). The molecule has 0 saturated heterocycles. The van der Waals surface area contributed by atoms with Crippen molar-refractivity contribution in [3.8, 4) is 11.4 Å². The zero-order chi connectivity index (χ0) is 17.4. The van der Waals surface area contributed by atoms with Crippen LogP contribution in [0.25, 0.3) is 16.3 Å². The first kappa shape index (κ1) is 16.0. The van der Waals surface area contributed by atoms with E-state index in [1.807, 2.05) is 36.1 Å². The fraction of sp³-hybridized carbons (Fsp3) is 0.188. The van der Waals surface area contributed by atoms with E-state index < -0.39 is 0 Å². The summed E-state index contributed by atoms with van der Waals surface area (Å²) >= 11 is 2.97. The molecule has 126 valence electrons. The summed E-state index contributed by atoms with van der Waals surface area (Å²) in [4.78, 5) is 21.6. The van der Waals surface area contributed by atoms with Crippen LogP contribution in [0, 0.1) is 6.92 Å². The molecule has 4 aromatic heterocycles. The molecule has 4 heterocycles. The van der Waals surface area contributed by atoms with E-state index in [0.717, 1.165) is 32.9 Å². The molecule has 0 saturated carbocycles. The van der Waals surface area contributed by atoms with Crippen molar-refractivity contribution in [1.29, 1.82) is 0 Å². The molecule has 0 aliphatic heterocycles. The zero-order valence-electron chi connectivity index (χ0n) is 13.6. The van der Waals surface area contributed by atoms with E-state index >= 15 is 0 Å². The van der Waals surface area contributed by atoms with Crippen molar-refractivity contribution < 1.29 is 0 Å². The van der Waals surface area contributed by atoms with E-state index in [0.29, 0.717) is 5.75 Å². The van der Waals surface area contributed by atoms with Crippen LogP contribution in [-0.2, 0) is 12.8 Å². The number of hydrogen-bond donors (Lipinski definition) is 0. The van der Waals surface area contributed by atoms with E-state index in [9.17, 15) is 4.79 Å². The maximum Gasteiger partial charge on any atom is 0.258 e. The summed E-state index contributed by atoms with van der Waals surface area (Å²) < 4.78 is 3.55. The van der Waals surface area contributed by atoms with Gasteiger partial charge in [-0.1, -0.05) is 11.8 Å². The molecule has 0 fully saturated rings. The Morgan fingerprint density at radius 3 is 3.00 bits per heavy atom. The summed E-state index contributed by atoms with van der Waals surface area (Å²) in [5.41, 5.74) is 2.51. The highest BCUT2D eigenvalue weighted by molar-refractivity contribution is 7.98. The highest BCUT2D eigenvalue weighted by atomic mass is 32.2. The number of nitrogens with zero attached hydrogens (tertiary/aromatic N) is 6. The zero-order valence-corrected chi connectivity index (χ0v) is 15.2. The van der Waals surface area contributed by atoms with E-state index in [1.54, 1.807) is 22.9 Å². The highest BCUT2D eigenvalue weighted by Gasteiger charge is 2.13. The SMILES string of the molecule is Cc1csc2nc(CSc3nnc(-c4cccnc4)n3C)cc(=O)n12. The first-order chi connectivity index (χ1) is 12.1. The molecule has 0 aliphatic rings. The van der Waals surface area contributed by atoms with Gasteiger partial charge in [0.05, 0.1) is 5.69 Å². The third-order valence-electron chi connectivity index (χ3n) is 3.73. The quantitative estimate of drug-likeness (QED) is 0.514. The fourth-order valence-corrected chi connectivity index (χ4v) is 4.19. The minimum absolute atomic E-state index is 0.0478. The second kappa shape index (κ2) is 6.41. The predicted molar refractivity (Wildman–Crippen MR) is 97.9 cm³/mol. The molecule has 0 aromatic carbocycles. The van der Waals surface area contributed by atoms with Crippen LogP contribution < -0.4 is 5.56 Å². The van der Waals surface area contributed by atoms with E-state index in [-0.39, 0.29) is 5.56 Å². The summed E-state index contributed by atoms with van der Waals surface area (Å²) in [7, 11) is 1.92. The second-order valence-corrected chi connectivity index (χ2v) is 7.26. The van der Waals surface area contributed by atoms with Gasteiger partial charge >= 0.3 is 0 Å². The van der Waals surface area contributed by atoms with Gasteiger partial charge in [-0.3, -0.25) is 14.2 Å². The lowest BCUT2D eigenvalue weighted by atomic mass is 10.3. The Morgan fingerprint density at radius 1 is 1.32 bits per heavy atom. The Hall–Kier alpha value is -2.52. The minimum atomic E-state index is -0.0478. The summed E-state index contributed by atoms with van der Waals surface area (Å²) in [5, 5.41) is 11.2. The number of rotatable bonds is 4. The van der Waals surface area contributed by atoms with Crippen LogP contribution in [0.15, 0.2) is 45.9 Å². The first-order valence-electron chi connectivity index (χ1n) is 7.53. The third-order valence-corrected chi connectivity index (χ3v) is 5.73. The number of thioether (sulfide) groups is 1. The van der Waals surface area contributed by atoms with Gasteiger partial charge in [0.15, 0.2) is 15.9 Å². The van der Waals surface area contributed by atoms with Gasteiger partial charge in [-0.25, -0.2) is 4.98 Å². The van der Waals surface area contributed by atoms with Gasteiger partial charge in [0.1, 0.15) is 0 Å². The van der Waals surface area contributed by atoms with Crippen molar-refractivity contribution in [2.75, 3.05) is 0 Å². The molecule has 25 heavy (non-hydrogen) atoms. The molecule has 0 bridgehead atoms. The average Bonchev–Trinajstić information content (AvgIpc) is 3.17. The standard InChI is InChI=1S/C16H14N6OS2/c1-10-8-24-15-18-12(6-13(23)22(10)15)9-25-16-20-19-14(21(16)2)11-4-3-5-17-7-11/h3-8H,9H2,1-2H3. The summed E-state index contributed by atoms with van der Waals surface area (Å²) in [6.07, 6.45) is 3.48. The summed E-state index contributed by atoms with van der Waals surface area (Å²) in [5.74, 6) is 1.31. The molecular weight excluding hydrogens is 356 g/mol. The molecule has 0 aliphatic carbocycles. The van der Waals surface area contributed by atoms with Crippen LogP contribution >= 0.6 is 23.1 Å². The van der Waals surface area contributed by atoms with Crippen molar-refractivity contribution in [1.82, 2.24) is 29.1 Å². The smallest absolute Gasteiger partial charge is 0.258 e. The van der Waals surface area contributed by atoms with Crippen molar-refractivity contribution in [3.05, 3.63) is 57.7 Å². The first-order valence-corrected chi connectivity index (χ1v) is 9.39. The third kappa shape index (κ3) is 2.96. The van der Waals surface area contributed by atoms with Gasteiger partial charge in [0, 0.05) is 47.9 Å². The molecular formula is C16H14N6OS2. The van der Waals surface area contributed by atoms with Crippen molar-refractivity contribution in [2.45, 2.75) is 17.8 Å². The maximum atomic E-state index is 12.2. The fourth-order valence-electron chi connectivity index (χ4n) is 2.50. The minimum Gasteiger partial charge on any atom is -0.305 e. The van der Waals surface area contributed by atoms with Crippen LogP contribution in [0.4, 0.5) is 0 Å². The molecule has 4 aromatic rings. The van der Waals surface area contributed by atoms with Gasteiger partial charge in [0.25, 0.3) is 5.56 Å². The lowest BCUT2D eigenvalue weighted by Gasteiger charge is -2.04. The molecule has 0 spiro atoms. The Morgan fingerprint density at radius 2 is 2.20 bits per heavy atom. The number of aryl methyl sites for hydroxylation is 1. The van der Waals surface area contributed by atoms with Gasteiger partial charge in [-0.05, 0) is 19.1 Å². The number of thiazole rings is 1. The van der Waals surface area contributed by atoms with E-state index in [2.05, 4.69) is 20.2 Å². The number of pyridine rings is 1. The van der Waals surface area contributed by atoms with Gasteiger partial charge in [-0.15, -0.1) is 21.5 Å². The number of hydrogen-bond acceptors (Lipinski definition) is 7. The molecule has 0 atom stereocenters. The predicted octanol–water partition coefficient (Wildman–Crippen LogP) is 2.55. The Kier molecular flexibility index (Phi) is 4.10. The molecule has 0 unspecified atom stereocenters. The highest BCUT2D eigenvalue weighted by Crippen LogP contribution is 2.24. The monoisotopic (exact) mass is 370 g/mol. The normalized spacial score (nSPS) is 11.3. The van der Waals surface area contributed by atoms with Crippen molar-refractivity contribution in [3.63, 3.8) is 0 Å². The van der Waals surface area contributed by atoms with E-state index in [1.165, 1.54) is 23.1 Å². The molecule has 9 heteroatoms. The van der Waals surface area contributed by atoms with Crippen LogP contribution in [0.5, 0.6) is 0 Å². The van der Waals surface area contributed by atoms with Crippen molar-refractivity contribution >= 4 is 28.1 Å². The van der Waals surface area contributed by atoms with Gasteiger partial charge in [0.2, 0.25) is 0 Å². The Labute approximate surface area is 151 Å². The molecule has 0 radical (unpaired) electrons. The van der Waals surface area contributed by atoms with Crippen LogP contribution in [0.1, 0.15) is 11.4 Å². The summed E-state index contributed by atoms with van der Waals surface area (Å²) in [6, 6.07) is 5.39. The maximum absolute atomic E-state index is 12.2. The average molecular weight is 370 g/mol. The largest absolute Gasteiger partial charge is 0.305 e. The topological polar surface area (TPSA) is 78.0 Å². The lowest BCUT2D eigenvalue weighted by molar-refractivity contribution is 0.793. The van der Waals surface area contributed by atoms with Crippen LogP contribution in [0.2, 0.25) is 0 Å². The molecule has 7 nitrogen and oxygen atoms in total.